The molecule has 0 atom stereocenters. The Bertz CT molecular complexity index is 357. The van der Waals surface area contributed by atoms with Gasteiger partial charge in [-0.2, -0.15) is 0 Å². The van der Waals surface area contributed by atoms with Crippen molar-refractivity contribution < 1.29 is 4.79 Å². The van der Waals surface area contributed by atoms with Gasteiger partial charge in [-0.1, -0.05) is 0 Å². The minimum Gasteiger partial charge on any atom is -0.345 e. The molecule has 0 unspecified atom stereocenters. The van der Waals surface area contributed by atoms with Crippen LogP contribution in [0.4, 0.5) is 0 Å². The molecule has 0 aliphatic carbocycles. The molecule has 0 radical (unpaired) electrons. The summed E-state index contributed by atoms with van der Waals surface area (Å²) in [5.74, 6) is -0.0955. The lowest BCUT2D eigenvalue weighted by molar-refractivity contribution is 0.0920. The summed E-state index contributed by atoms with van der Waals surface area (Å²) >= 11 is 8.08. The van der Waals surface area contributed by atoms with Gasteiger partial charge in [-0.25, -0.2) is 0 Å². The molecule has 0 aromatic carbocycles. The molecule has 3 nitrogen and oxygen atoms in total. The van der Waals surface area contributed by atoms with E-state index < -0.39 is 0 Å². The van der Waals surface area contributed by atoms with Crippen molar-refractivity contribution in [1.82, 2.24) is 5.32 Å². The van der Waals surface area contributed by atoms with Gasteiger partial charge in [0.2, 0.25) is 0 Å². The van der Waals surface area contributed by atoms with Crippen molar-refractivity contribution in [2.75, 3.05) is 6.54 Å². The van der Waals surface area contributed by atoms with Gasteiger partial charge in [0.15, 0.2) is 0 Å². The van der Waals surface area contributed by atoms with Crippen LogP contribution in [-0.2, 0) is 0 Å². The lowest BCUT2D eigenvalue weighted by Crippen LogP contribution is -2.48. The summed E-state index contributed by atoms with van der Waals surface area (Å²) in [6, 6.07) is 1.79. The van der Waals surface area contributed by atoms with Crippen LogP contribution in [-0.4, -0.2) is 18.0 Å². The molecular weight excluding hydrogens is 344 g/mol. The van der Waals surface area contributed by atoms with Crippen LogP contribution in [0.2, 0.25) is 0 Å². The molecule has 0 saturated heterocycles. The number of nitrogens with two attached hydrogens (primary N) is 1. The third-order valence-corrected chi connectivity index (χ3v) is 5.09. The second-order valence-corrected chi connectivity index (χ2v) is 7.00. The van der Waals surface area contributed by atoms with Crippen LogP contribution in [0.5, 0.6) is 0 Å². The third-order valence-electron chi connectivity index (χ3n) is 1.83. The lowest BCUT2D eigenvalue weighted by atomic mass is 10.1. The fourth-order valence-electron chi connectivity index (χ4n) is 0.878. The highest BCUT2D eigenvalue weighted by atomic mass is 79.9. The third kappa shape index (κ3) is 3.55. The molecule has 0 saturated carbocycles. The number of amides is 1. The van der Waals surface area contributed by atoms with Crippen molar-refractivity contribution >= 4 is 49.1 Å². The Hall–Kier alpha value is 0.0900. The van der Waals surface area contributed by atoms with Crippen molar-refractivity contribution in [3.05, 3.63) is 19.2 Å². The number of carbonyl (C=O) groups excluding carboxylic acids is 1. The summed E-state index contributed by atoms with van der Waals surface area (Å²) < 4.78 is 1.81. The summed E-state index contributed by atoms with van der Waals surface area (Å²) in [6.45, 7) is 4.19. The van der Waals surface area contributed by atoms with E-state index in [9.17, 15) is 4.79 Å². The van der Waals surface area contributed by atoms with Gasteiger partial charge in [-0.05, 0) is 51.8 Å². The molecular formula is C9H12Br2N2OS. The van der Waals surface area contributed by atoms with Gasteiger partial charge >= 0.3 is 0 Å². The Morgan fingerprint density at radius 3 is 2.60 bits per heavy atom. The standard InChI is InChI=1S/C9H12Br2N2OS/c1-9(2,4-12)13-8(14)6-3-5(10)7(11)15-6/h3H,4,12H2,1-2H3,(H,13,14). The van der Waals surface area contributed by atoms with Gasteiger partial charge in [0, 0.05) is 16.6 Å². The molecule has 0 bridgehead atoms. The average Bonchev–Trinajstić information content (AvgIpc) is 2.47. The van der Waals surface area contributed by atoms with Gasteiger partial charge in [0.05, 0.1) is 8.66 Å². The minimum atomic E-state index is -0.375. The number of rotatable bonds is 3. The van der Waals surface area contributed by atoms with Gasteiger partial charge in [-0.3, -0.25) is 4.79 Å². The maximum Gasteiger partial charge on any atom is 0.261 e. The number of nitrogens with one attached hydrogen (secondary N) is 1. The molecule has 1 amide bonds. The smallest absolute Gasteiger partial charge is 0.261 e. The van der Waals surface area contributed by atoms with Crippen LogP contribution in [0.25, 0.3) is 0 Å². The molecule has 15 heavy (non-hydrogen) atoms. The Morgan fingerprint density at radius 2 is 2.20 bits per heavy atom. The molecule has 1 heterocycles. The van der Waals surface area contributed by atoms with E-state index in [1.165, 1.54) is 11.3 Å². The number of hydrogen-bond donors (Lipinski definition) is 2. The van der Waals surface area contributed by atoms with E-state index in [0.717, 1.165) is 8.26 Å². The zero-order valence-corrected chi connectivity index (χ0v) is 12.4. The highest BCUT2D eigenvalue weighted by molar-refractivity contribution is 9.13. The van der Waals surface area contributed by atoms with Gasteiger partial charge in [0.25, 0.3) is 5.91 Å². The summed E-state index contributed by atoms with van der Waals surface area (Å²) in [5.41, 5.74) is 5.16. The van der Waals surface area contributed by atoms with E-state index in [4.69, 9.17) is 5.73 Å². The van der Waals surface area contributed by atoms with E-state index in [0.29, 0.717) is 11.4 Å². The second-order valence-electron chi connectivity index (χ2n) is 3.77. The second kappa shape index (κ2) is 4.95. The molecule has 84 valence electrons. The molecule has 1 rings (SSSR count). The zero-order chi connectivity index (χ0) is 11.6. The average molecular weight is 356 g/mol. The molecule has 0 aliphatic rings. The Morgan fingerprint density at radius 1 is 1.60 bits per heavy atom. The molecule has 6 heteroatoms. The van der Waals surface area contributed by atoms with E-state index in [1.807, 2.05) is 13.8 Å². The van der Waals surface area contributed by atoms with Crippen molar-refractivity contribution in [2.24, 2.45) is 5.73 Å². The molecule has 0 fully saturated rings. The topological polar surface area (TPSA) is 55.1 Å². The van der Waals surface area contributed by atoms with Crippen LogP contribution in [0, 0.1) is 0 Å². The van der Waals surface area contributed by atoms with Crippen LogP contribution in [0.1, 0.15) is 23.5 Å². The SMILES string of the molecule is CC(C)(CN)NC(=O)c1cc(Br)c(Br)s1. The van der Waals surface area contributed by atoms with Gasteiger partial charge < -0.3 is 11.1 Å². The zero-order valence-electron chi connectivity index (χ0n) is 8.43. The van der Waals surface area contributed by atoms with E-state index in [-0.39, 0.29) is 11.4 Å². The fourth-order valence-corrected chi connectivity index (χ4v) is 2.81. The highest BCUT2D eigenvalue weighted by Gasteiger charge is 2.20. The van der Waals surface area contributed by atoms with Crippen molar-refractivity contribution in [3.8, 4) is 0 Å². The predicted molar refractivity (Wildman–Crippen MR) is 70.3 cm³/mol. The normalized spacial score (nSPS) is 11.5. The quantitative estimate of drug-likeness (QED) is 0.875. The molecule has 1 aromatic heterocycles. The van der Waals surface area contributed by atoms with Crippen LogP contribution in [0.15, 0.2) is 14.3 Å². The van der Waals surface area contributed by atoms with E-state index >= 15 is 0 Å². The van der Waals surface area contributed by atoms with Crippen molar-refractivity contribution in [3.63, 3.8) is 0 Å². The fraction of sp³-hybridized carbons (Fsp3) is 0.444. The van der Waals surface area contributed by atoms with Crippen molar-refractivity contribution in [2.45, 2.75) is 19.4 Å². The first-order chi connectivity index (χ1) is 6.85. The molecule has 1 aromatic rings. The lowest BCUT2D eigenvalue weighted by Gasteiger charge is -2.23. The molecule has 0 spiro atoms. The maximum atomic E-state index is 11.8. The van der Waals surface area contributed by atoms with E-state index in [2.05, 4.69) is 37.2 Å². The summed E-state index contributed by atoms with van der Waals surface area (Å²) in [7, 11) is 0. The number of halogens is 2. The molecule has 3 N–H and O–H groups in total. The Labute approximate surface area is 110 Å². The first-order valence-corrected chi connectivity index (χ1v) is 6.73. The van der Waals surface area contributed by atoms with E-state index in [1.54, 1.807) is 6.07 Å². The summed E-state index contributed by atoms with van der Waals surface area (Å²) in [4.78, 5) is 12.4. The summed E-state index contributed by atoms with van der Waals surface area (Å²) in [5, 5.41) is 2.87. The number of hydrogen-bond acceptors (Lipinski definition) is 3. The highest BCUT2D eigenvalue weighted by Crippen LogP contribution is 2.32. The first-order valence-electron chi connectivity index (χ1n) is 4.33. The number of carbonyl (C=O) groups is 1. The Kier molecular flexibility index (Phi) is 4.34. The number of thiophene rings is 1. The Balaban J connectivity index is 2.78. The van der Waals surface area contributed by atoms with Crippen LogP contribution >= 0.6 is 43.2 Å². The van der Waals surface area contributed by atoms with Crippen LogP contribution in [0.3, 0.4) is 0 Å². The summed E-state index contributed by atoms with van der Waals surface area (Å²) in [6.07, 6.45) is 0. The maximum absolute atomic E-state index is 11.8. The largest absolute Gasteiger partial charge is 0.345 e. The minimum absolute atomic E-state index is 0.0955. The van der Waals surface area contributed by atoms with Gasteiger partial charge in [0.1, 0.15) is 0 Å². The first kappa shape index (κ1) is 13.2. The predicted octanol–water partition coefficient (Wildman–Crippen LogP) is 2.74. The van der Waals surface area contributed by atoms with Crippen LogP contribution < -0.4 is 11.1 Å². The monoisotopic (exact) mass is 354 g/mol. The van der Waals surface area contributed by atoms with Crippen molar-refractivity contribution in [1.29, 1.82) is 0 Å². The molecule has 0 aliphatic heterocycles. The van der Waals surface area contributed by atoms with Gasteiger partial charge in [-0.15, -0.1) is 11.3 Å².